The van der Waals surface area contributed by atoms with Crippen LogP contribution in [0.3, 0.4) is 0 Å². The Kier molecular flexibility index (Phi) is 5.12. The largest absolute Gasteiger partial charge is 0.468 e. The summed E-state index contributed by atoms with van der Waals surface area (Å²) in [6.07, 6.45) is -0.465. The van der Waals surface area contributed by atoms with Crippen LogP contribution in [0.15, 0.2) is 24.3 Å². The molecule has 2 N–H and O–H groups in total. The molecule has 1 aromatic rings. The summed E-state index contributed by atoms with van der Waals surface area (Å²) in [7, 11) is 1.32. The Morgan fingerprint density at radius 1 is 1.35 bits per heavy atom. The van der Waals surface area contributed by atoms with E-state index in [0.29, 0.717) is 6.61 Å². The number of hydrogen-bond donors (Lipinski definition) is 1. The highest BCUT2D eigenvalue weighted by atomic mass is 16.5. The number of hydrogen-bond acceptors (Lipinski definition) is 4. The number of aryl methyl sites for hydroxylation is 1. The summed E-state index contributed by atoms with van der Waals surface area (Å²) in [5.74, 6) is -0.468. The number of ether oxygens (including phenoxy) is 2. The van der Waals surface area contributed by atoms with E-state index < -0.39 is 18.1 Å². The monoisotopic (exact) mass is 237 g/mol. The second kappa shape index (κ2) is 6.37. The van der Waals surface area contributed by atoms with Crippen LogP contribution < -0.4 is 5.73 Å². The van der Waals surface area contributed by atoms with E-state index in [9.17, 15) is 4.79 Å². The maximum absolute atomic E-state index is 11.4. The third kappa shape index (κ3) is 3.54. The van der Waals surface area contributed by atoms with Crippen molar-refractivity contribution in [3.8, 4) is 0 Å². The predicted molar refractivity (Wildman–Crippen MR) is 65.5 cm³/mol. The lowest BCUT2D eigenvalue weighted by Gasteiger charge is -2.22. The van der Waals surface area contributed by atoms with Gasteiger partial charge in [0.1, 0.15) is 12.1 Å². The van der Waals surface area contributed by atoms with Gasteiger partial charge in [-0.1, -0.05) is 29.8 Å². The number of rotatable bonds is 5. The van der Waals surface area contributed by atoms with Crippen LogP contribution in [0, 0.1) is 6.92 Å². The van der Waals surface area contributed by atoms with Crippen LogP contribution in [0.2, 0.25) is 0 Å². The van der Waals surface area contributed by atoms with Crippen molar-refractivity contribution in [3.05, 3.63) is 35.4 Å². The average Bonchev–Trinajstić information content (AvgIpc) is 2.35. The first-order valence-electron chi connectivity index (χ1n) is 5.61. The van der Waals surface area contributed by atoms with E-state index >= 15 is 0 Å². The molecule has 0 amide bonds. The summed E-state index contributed by atoms with van der Waals surface area (Å²) in [6.45, 7) is 4.36. The van der Waals surface area contributed by atoms with Crippen molar-refractivity contribution in [1.82, 2.24) is 0 Å². The minimum absolute atomic E-state index is 0.465. The van der Waals surface area contributed by atoms with Gasteiger partial charge < -0.3 is 15.2 Å². The first-order valence-corrected chi connectivity index (χ1v) is 5.61. The normalized spacial score (nSPS) is 14.1. The summed E-state index contributed by atoms with van der Waals surface area (Å²) in [5, 5.41) is 0. The highest BCUT2D eigenvalue weighted by Crippen LogP contribution is 2.21. The Hall–Kier alpha value is -1.39. The van der Waals surface area contributed by atoms with Gasteiger partial charge in [-0.15, -0.1) is 0 Å². The lowest BCUT2D eigenvalue weighted by Crippen LogP contribution is -2.39. The number of methoxy groups -OCH3 is 1. The van der Waals surface area contributed by atoms with Crippen molar-refractivity contribution in [2.45, 2.75) is 26.0 Å². The van der Waals surface area contributed by atoms with Crippen LogP contribution in [0.1, 0.15) is 24.2 Å². The van der Waals surface area contributed by atoms with E-state index in [1.165, 1.54) is 7.11 Å². The zero-order chi connectivity index (χ0) is 12.8. The molecular weight excluding hydrogens is 218 g/mol. The third-order valence-electron chi connectivity index (χ3n) is 2.55. The van der Waals surface area contributed by atoms with Crippen LogP contribution >= 0.6 is 0 Å². The first-order chi connectivity index (χ1) is 8.10. The van der Waals surface area contributed by atoms with Gasteiger partial charge in [0.2, 0.25) is 0 Å². The maximum Gasteiger partial charge on any atom is 0.325 e. The van der Waals surface area contributed by atoms with Crippen LogP contribution in [0.25, 0.3) is 0 Å². The molecule has 0 aliphatic carbocycles. The molecule has 0 radical (unpaired) electrons. The Balaban J connectivity index is 2.92. The SMILES string of the molecule is CCOC(c1ccc(C)cc1)C(N)C(=O)OC. The maximum atomic E-state index is 11.4. The summed E-state index contributed by atoms with van der Waals surface area (Å²) >= 11 is 0. The molecular formula is C13H19NO3. The van der Waals surface area contributed by atoms with E-state index in [2.05, 4.69) is 4.74 Å². The number of benzene rings is 1. The molecule has 94 valence electrons. The number of esters is 1. The number of nitrogens with two attached hydrogens (primary N) is 1. The standard InChI is InChI=1S/C13H19NO3/c1-4-17-12(11(14)13(15)16-3)10-7-5-9(2)6-8-10/h5-8,11-12H,4,14H2,1-3H3. The summed E-state index contributed by atoms with van der Waals surface area (Å²) in [6, 6.07) is 6.95. The second-order valence-corrected chi connectivity index (χ2v) is 3.84. The zero-order valence-corrected chi connectivity index (χ0v) is 10.5. The fourth-order valence-electron chi connectivity index (χ4n) is 1.60. The summed E-state index contributed by atoms with van der Waals surface area (Å²) < 4.78 is 10.2. The Morgan fingerprint density at radius 2 is 1.94 bits per heavy atom. The van der Waals surface area contributed by atoms with Crippen LogP contribution in [0.4, 0.5) is 0 Å². The lowest BCUT2D eigenvalue weighted by atomic mass is 10.0. The van der Waals surface area contributed by atoms with E-state index in [1.807, 2.05) is 38.1 Å². The van der Waals surface area contributed by atoms with Crippen molar-refractivity contribution in [2.24, 2.45) is 5.73 Å². The third-order valence-corrected chi connectivity index (χ3v) is 2.55. The van der Waals surface area contributed by atoms with Crippen LogP contribution in [-0.4, -0.2) is 25.7 Å². The highest BCUT2D eigenvalue weighted by molar-refractivity contribution is 5.76. The van der Waals surface area contributed by atoms with Crippen molar-refractivity contribution < 1.29 is 14.3 Å². The van der Waals surface area contributed by atoms with Gasteiger partial charge in [0, 0.05) is 6.61 Å². The smallest absolute Gasteiger partial charge is 0.325 e. The molecule has 1 aromatic carbocycles. The van der Waals surface area contributed by atoms with Gasteiger partial charge in [0.25, 0.3) is 0 Å². The van der Waals surface area contributed by atoms with E-state index in [1.54, 1.807) is 0 Å². The van der Waals surface area contributed by atoms with E-state index in [4.69, 9.17) is 10.5 Å². The van der Waals surface area contributed by atoms with Crippen LogP contribution in [0.5, 0.6) is 0 Å². The molecule has 4 nitrogen and oxygen atoms in total. The van der Waals surface area contributed by atoms with Gasteiger partial charge in [-0.2, -0.15) is 0 Å². The van der Waals surface area contributed by atoms with Crippen molar-refractivity contribution >= 4 is 5.97 Å². The molecule has 1 rings (SSSR count). The zero-order valence-electron chi connectivity index (χ0n) is 10.5. The molecule has 17 heavy (non-hydrogen) atoms. The Morgan fingerprint density at radius 3 is 2.41 bits per heavy atom. The first kappa shape index (κ1) is 13.7. The molecule has 0 fully saturated rings. The predicted octanol–water partition coefficient (Wildman–Crippen LogP) is 1.57. The van der Waals surface area contributed by atoms with Gasteiger partial charge in [0.15, 0.2) is 0 Å². The fourth-order valence-corrected chi connectivity index (χ4v) is 1.60. The Labute approximate surface area is 102 Å². The molecule has 0 bridgehead atoms. The molecule has 4 heteroatoms. The molecule has 2 atom stereocenters. The van der Waals surface area contributed by atoms with E-state index in [0.717, 1.165) is 11.1 Å². The summed E-state index contributed by atoms with van der Waals surface area (Å²) in [4.78, 5) is 11.4. The van der Waals surface area contributed by atoms with Crippen LogP contribution in [-0.2, 0) is 14.3 Å². The molecule has 0 heterocycles. The number of carbonyl (C=O) groups excluding carboxylic acids is 1. The van der Waals surface area contributed by atoms with Crippen molar-refractivity contribution in [2.75, 3.05) is 13.7 Å². The molecule has 0 saturated heterocycles. The van der Waals surface area contributed by atoms with Crippen molar-refractivity contribution in [1.29, 1.82) is 0 Å². The van der Waals surface area contributed by atoms with Gasteiger partial charge in [-0.05, 0) is 19.4 Å². The molecule has 0 saturated carbocycles. The summed E-state index contributed by atoms with van der Waals surface area (Å²) in [5.41, 5.74) is 7.86. The lowest BCUT2D eigenvalue weighted by molar-refractivity contribution is -0.146. The molecule has 0 aromatic heterocycles. The molecule has 2 unspecified atom stereocenters. The topological polar surface area (TPSA) is 61.5 Å². The van der Waals surface area contributed by atoms with Gasteiger partial charge in [0.05, 0.1) is 7.11 Å². The Bertz CT molecular complexity index is 361. The van der Waals surface area contributed by atoms with E-state index in [-0.39, 0.29) is 0 Å². The quantitative estimate of drug-likeness (QED) is 0.790. The van der Waals surface area contributed by atoms with Crippen molar-refractivity contribution in [3.63, 3.8) is 0 Å². The molecule has 0 spiro atoms. The van der Waals surface area contributed by atoms with Gasteiger partial charge >= 0.3 is 5.97 Å². The van der Waals surface area contributed by atoms with Gasteiger partial charge in [-0.25, -0.2) is 0 Å². The minimum atomic E-state index is -0.803. The highest BCUT2D eigenvalue weighted by Gasteiger charge is 2.27. The fraction of sp³-hybridized carbons (Fsp3) is 0.462. The van der Waals surface area contributed by atoms with Gasteiger partial charge in [-0.3, -0.25) is 4.79 Å². The second-order valence-electron chi connectivity index (χ2n) is 3.84. The number of carbonyl (C=O) groups is 1. The molecule has 0 aliphatic heterocycles. The molecule has 0 aliphatic rings. The minimum Gasteiger partial charge on any atom is -0.468 e. The average molecular weight is 237 g/mol.